The van der Waals surface area contributed by atoms with E-state index in [1.165, 1.54) is 38.9 Å². The maximum atomic E-state index is 10.5. The van der Waals surface area contributed by atoms with Gasteiger partial charge in [0.15, 0.2) is 0 Å². The van der Waals surface area contributed by atoms with Crippen LogP contribution in [0.3, 0.4) is 0 Å². The maximum Gasteiger partial charge on any atom is 0.0843 e. The van der Waals surface area contributed by atoms with Crippen LogP contribution in [0.4, 0.5) is 0 Å². The number of rotatable bonds is 27. The second-order valence-electron chi connectivity index (χ2n) is 30.1. The lowest BCUT2D eigenvalue weighted by Gasteiger charge is -2.22. The van der Waals surface area contributed by atoms with Crippen molar-refractivity contribution >= 4 is 178 Å². The molecule has 0 fully saturated rings. The molecule has 14 aromatic rings. The van der Waals surface area contributed by atoms with Gasteiger partial charge >= 0.3 is 0 Å². The molecule has 11 aromatic carbocycles. The molecule has 0 aliphatic carbocycles. The van der Waals surface area contributed by atoms with E-state index in [1.54, 1.807) is 0 Å². The van der Waals surface area contributed by atoms with Crippen LogP contribution < -0.4 is 0 Å². The minimum atomic E-state index is -0.852. The summed E-state index contributed by atoms with van der Waals surface area (Å²) in [5.41, 5.74) is 17.3. The molecule has 0 amide bonds. The number of benzene rings is 11. The van der Waals surface area contributed by atoms with Gasteiger partial charge < -0.3 is 15.3 Å². The summed E-state index contributed by atoms with van der Waals surface area (Å²) < 4.78 is 8.42. The Morgan fingerprint density at radius 2 is 0.636 bits per heavy atom. The number of aryl methyl sites for hydroxylation is 4. The number of nitrogens with zero attached hydrogens (tertiary/aromatic N) is 3. The van der Waals surface area contributed by atoms with Gasteiger partial charge in [0.2, 0.25) is 0 Å². The molecule has 0 saturated carbocycles. The highest BCUT2D eigenvalue weighted by Gasteiger charge is 2.23. The zero-order valence-corrected chi connectivity index (χ0v) is 75.5. The Hall–Kier alpha value is -8.58. The summed E-state index contributed by atoms with van der Waals surface area (Å²) in [6.07, 6.45) is 17.5. The number of hydrogen-bond acceptors (Lipinski definition) is 17. The summed E-state index contributed by atoms with van der Waals surface area (Å²) in [6, 6.07) is 96.0. The van der Waals surface area contributed by atoms with Crippen molar-refractivity contribution in [2.75, 3.05) is 0 Å². The fourth-order valence-electron chi connectivity index (χ4n) is 13.3. The molecule has 0 unspecified atom stereocenters. The fourth-order valence-corrected chi connectivity index (χ4v) is 15.4. The minimum absolute atomic E-state index is 0. The average molecular weight is 1790 g/mol. The van der Waals surface area contributed by atoms with Crippen molar-refractivity contribution in [1.29, 1.82) is 0 Å². The third-order valence-corrected chi connectivity index (χ3v) is 23.0. The molecule has 0 spiro atoms. The van der Waals surface area contributed by atoms with E-state index in [-0.39, 0.29) is 28.2 Å². The summed E-state index contributed by atoms with van der Waals surface area (Å²) in [6.45, 7) is 13.0. The van der Waals surface area contributed by atoms with Gasteiger partial charge in [-0.3, -0.25) is 0 Å². The van der Waals surface area contributed by atoms with Gasteiger partial charge in [-0.2, -0.15) is 37.9 Å². The molecule has 626 valence electrons. The number of pyridine rings is 3. The van der Waals surface area contributed by atoms with E-state index in [0.29, 0.717) is 15.1 Å². The first-order valence-electron chi connectivity index (χ1n) is 39.1. The lowest BCUT2D eigenvalue weighted by molar-refractivity contribution is -0.432. The molecule has 3 atom stereocenters. The average Bonchev–Trinajstić information content (AvgIpc) is 0.845. The number of thiol groups is 3. The number of aliphatic hydroxyl groups is 3. The van der Waals surface area contributed by atoms with Crippen LogP contribution >= 0.6 is 109 Å². The van der Waals surface area contributed by atoms with Crippen LogP contribution in [0.1, 0.15) is 166 Å². The molecular weight excluding hydrogens is 1690 g/mol. The Morgan fingerprint density at radius 3 is 0.942 bits per heavy atom. The summed E-state index contributed by atoms with van der Waals surface area (Å²) in [5.74, 6) is 0. The third-order valence-electron chi connectivity index (χ3n) is 19.4. The van der Waals surface area contributed by atoms with Crippen molar-refractivity contribution in [3.05, 3.63) is 396 Å². The smallest absolute Gasteiger partial charge is 0.0843 e. The van der Waals surface area contributed by atoms with Crippen LogP contribution in [0.15, 0.2) is 301 Å². The summed E-state index contributed by atoms with van der Waals surface area (Å²) in [4.78, 5) is 15.8. The van der Waals surface area contributed by atoms with Gasteiger partial charge in [-0.25, -0.2) is 25.5 Å². The first kappa shape index (κ1) is 96.2. The van der Waals surface area contributed by atoms with Crippen molar-refractivity contribution in [2.24, 2.45) is 0 Å². The summed E-state index contributed by atoms with van der Waals surface area (Å²) >= 11 is 34.9. The largest absolute Gasteiger partial charge is 0.386 e. The first-order chi connectivity index (χ1) is 57.6. The van der Waals surface area contributed by atoms with E-state index in [4.69, 9.17) is 98.2 Å². The lowest BCUT2D eigenvalue weighted by atomic mass is 9.90. The first-order valence-corrected chi connectivity index (χ1v) is 43.2. The molecule has 121 heavy (non-hydrogen) atoms. The molecule has 0 aliphatic rings. The third kappa shape index (κ3) is 31.3. The van der Waals surface area contributed by atoms with E-state index < -0.39 is 16.8 Å². The molecule has 0 bridgehead atoms. The maximum absolute atomic E-state index is 10.5. The molecule has 21 heteroatoms. The van der Waals surface area contributed by atoms with Crippen molar-refractivity contribution in [2.45, 2.75) is 129 Å². The molecule has 3 heterocycles. The molecular formula is C100H99Cl4N3O9S5. The SMILES string of the molecule is CC(C)(O)c1ccccc1CC[C@@H](S)c1cccc(/C=C/c2ccc3ccc(Cl)cc3n2)c1.CC(C)(O)c1ccccc1CC[C@@H](S)c1cccc(/C=C/c2ccc3ccc(Cl)cc3n2)c1.CC(C)(O)c1ccccc1CC[C@@H](S)c1cccc(/C=C/c2ccc3ccc(Cl)cc3n2)c1.Cc1ccc(SOOO)cc1.Cl.OOOSc1ccccc1. The van der Waals surface area contributed by atoms with Gasteiger partial charge in [0.05, 0.1) is 74.5 Å². The van der Waals surface area contributed by atoms with Gasteiger partial charge in [-0.05, 0) is 251 Å². The van der Waals surface area contributed by atoms with Crippen LogP contribution in [-0.2, 0) is 54.8 Å². The topological polar surface area (TPSA) is 177 Å². The molecule has 14 rings (SSSR count). The highest BCUT2D eigenvalue weighted by molar-refractivity contribution is 7.94. The van der Waals surface area contributed by atoms with E-state index in [2.05, 4.69) is 146 Å². The van der Waals surface area contributed by atoms with Crippen LogP contribution in [0, 0.1) is 6.92 Å². The molecule has 0 aliphatic heterocycles. The Labute approximate surface area is 756 Å². The van der Waals surface area contributed by atoms with Crippen LogP contribution in [0.2, 0.25) is 15.1 Å². The standard InChI is InChI=1S/3C29H28ClNOS.C7H8O3S.C6H6O3S.ClH/c3*1-29(2,32)26-9-4-3-7-21(26)13-17-28(33)23-8-5-6-20(18-23)10-15-25-16-12-22-11-14-24(30)19-27(22)31-25;1-6-2-4-7(5-3-6)11-10-9-8;7-8-9-10-6-4-2-1-3-5-6;/h3*3-12,14-16,18-19,28,32-33H,13,17H2,1-2H3;2-5,8H,1H3;1-5,7H;1H/b3*15-10+;;;/t3*28-;;;/m111.../s1. The van der Waals surface area contributed by atoms with E-state index >= 15 is 0 Å². The molecule has 0 radical (unpaired) electrons. The summed E-state index contributed by atoms with van der Waals surface area (Å²) in [7, 11) is 0. The van der Waals surface area contributed by atoms with E-state index in [0.717, 1.165) is 156 Å². The van der Waals surface area contributed by atoms with Gasteiger partial charge in [0.25, 0.3) is 0 Å². The Morgan fingerprint density at radius 1 is 0.347 bits per heavy atom. The van der Waals surface area contributed by atoms with Crippen molar-refractivity contribution < 1.29 is 44.6 Å². The van der Waals surface area contributed by atoms with Crippen LogP contribution in [0.5, 0.6) is 0 Å². The van der Waals surface area contributed by atoms with E-state index in [9.17, 15) is 15.3 Å². The normalized spacial score (nSPS) is 12.3. The minimum Gasteiger partial charge on any atom is -0.386 e. The Balaban J connectivity index is 0.000000183. The Bertz CT molecular complexity index is 5250. The Kier molecular flexibility index (Phi) is 38.1. The zero-order chi connectivity index (χ0) is 85.6. The molecule has 3 aromatic heterocycles. The number of hydrogen-bond donors (Lipinski definition) is 8. The monoisotopic (exact) mass is 1790 g/mol. The van der Waals surface area contributed by atoms with Gasteiger partial charge in [0.1, 0.15) is 0 Å². The highest BCUT2D eigenvalue weighted by atomic mass is 35.5. The summed E-state index contributed by atoms with van der Waals surface area (Å²) in [5, 5.41) is 59.5. The number of aromatic nitrogens is 3. The van der Waals surface area contributed by atoms with Gasteiger partial charge in [-0.15, -0.1) is 21.1 Å². The number of halogens is 4. The van der Waals surface area contributed by atoms with Crippen molar-refractivity contribution in [3.8, 4) is 0 Å². The van der Waals surface area contributed by atoms with E-state index in [1.807, 2.05) is 249 Å². The number of fused-ring (bicyclic) bond motifs is 3. The fraction of sp³-hybridized carbons (Fsp3) is 0.190. The molecule has 12 nitrogen and oxygen atoms in total. The van der Waals surface area contributed by atoms with Gasteiger partial charge in [-0.1, -0.05) is 281 Å². The van der Waals surface area contributed by atoms with Crippen molar-refractivity contribution in [1.82, 2.24) is 15.0 Å². The predicted molar refractivity (Wildman–Crippen MR) is 518 cm³/mol. The predicted octanol–water partition coefficient (Wildman–Crippen LogP) is 28.6. The van der Waals surface area contributed by atoms with Crippen LogP contribution in [-0.4, -0.2) is 40.8 Å². The second kappa shape index (κ2) is 47.9. The van der Waals surface area contributed by atoms with Crippen molar-refractivity contribution in [3.63, 3.8) is 0 Å². The second-order valence-corrected chi connectivity index (χ2v) is 34.8. The van der Waals surface area contributed by atoms with Gasteiger partial charge in [0, 0.05) is 56.8 Å². The van der Waals surface area contributed by atoms with Crippen LogP contribution in [0.25, 0.3) is 69.2 Å². The lowest BCUT2D eigenvalue weighted by Crippen LogP contribution is -2.18. The highest BCUT2D eigenvalue weighted by Crippen LogP contribution is 2.36. The molecule has 5 N–H and O–H groups in total. The quantitative estimate of drug-likeness (QED) is 0.0106. The zero-order valence-electron chi connectivity index (χ0n) is 68.1. The molecule has 0 saturated heterocycles.